The molecule has 1 aliphatic rings. The standard InChI is InChI=1S/C18H20N2O4/c1-12-15(18(22)23)8-9-16(19-12)17(21)20(13-5-2-3-6-13)11-14-7-4-10-24-14/h4,7-10,13H,2-3,5-6,11H2,1H3,(H,22,23). The van der Waals surface area contributed by atoms with Gasteiger partial charge < -0.3 is 14.4 Å². The highest BCUT2D eigenvalue weighted by Gasteiger charge is 2.29. The van der Waals surface area contributed by atoms with Crippen LogP contribution in [0.1, 0.15) is 58.0 Å². The summed E-state index contributed by atoms with van der Waals surface area (Å²) in [5.74, 6) is -0.491. The summed E-state index contributed by atoms with van der Waals surface area (Å²) in [6.45, 7) is 2.00. The first kappa shape index (κ1) is 16.2. The number of aryl methyl sites for hydroxylation is 1. The molecule has 6 nitrogen and oxygen atoms in total. The molecule has 2 aromatic rings. The lowest BCUT2D eigenvalue weighted by molar-refractivity contribution is 0.0638. The minimum Gasteiger partial charge on any atom is -0.478 e. The number of pyridine rings is 1. The fourth-order valence-corrected chi connectivity index (χ4v) is 3.21. The summed E-state index contributed by atoms with van der Waals surface area (Å²) in [5.41, 5.74) is 0.735. The molecule has 1 N–H and O–H groups in total. The summed E-state index contributed by atoms with van der Waals surface area (Å²) in [6, 6.07) is 6.75. The Morgan fingerprint density at radius 2 is 2.04 bits per heavy atom. The van der Waals surface area contributed by atoms with Crippen molar-refractivity contribution in [2.75, 3.05) is 0 Å². The number of amides is 1. The van der Waals surface area contributed by atoms with Gasteiger partial charge in [0.15, 0.2) is 0 Å². The monoisotopic (exact) mass is 328 g/mol. The second kappa shape index (κ2) is 6.86. The van der Waals surface area contributed by atoms with Crippen LogP contribution in [-0.2, 0) is 6.54 Å². The third-order valence-corrected chi connectivity index (χ3v) is 4.47. The van der Waals surface area contributed by atoms with Crippen molar-refractivity contribution in [3.63, 3.8) is 0 Å². The lowest BCUT2D eigenvalue weighted by Crippen LogP contribution is -2.38. The molecule has 0 spiro atoms. The van der Waals surface area contributed by atoms with Crippen LogP contribution in [0.3, 0.4) is 0 Å². The summed E-state index contributed by atoms with van der Waals surface area (Å²) >= 11 is 0. The first-order valence-electron chi connectivity index (χ1n) is 8.10. The van der Waals surface area contributed by atoms with E-state index in [-0.39, 0.29) is 23.2 Å². The Balaban J connectivity index is 1.87. The molecule has 2 heterocycles. The molecule has 24 heavy (non-hydrogen) atoms. The normalized spacial score (nSPS) is 14.7. The van der Waals surface area contributed by atoms with Crippen LogP contribution in [0, 0.1) is 6.92 Å². The molecular formula is C18H20N2O4. The second-order valence-electron chi connectivity index (χ2n) is 6.09. The van der Waals surface area contributed by atoms with E-state index in [0.29, 0.717) is 12.2 Å². The molecule has 2 aromatic heterocycles. The van der Waals surface area contributed by atoms with E-state index in [1.54, 1.807) is 24.2 Å². The molecule has 1 saturated carbocycles. The molecule has 0 radical (unpaired) electrons. The lowest BCUT2D eigenvalue weighted by Gasteiger charge is -2.28. The first-order valence-corrected chi connectivity index (χ1v) is 8.10. The predicted molar refractivity (Wildman–Crippen MR) is 86.8 cm³/mol. The number of rotatable bonds is 5. The highest BCUT2D eigenvalue weighted by molar-refractivity contribution is 5.94. The Kier molecular flexibility index (Phi) is 4.64. The average molecular weight is 328 g/mol. The number of aromatic nitrogens is 1. The van der Waals surface area contributed by atoms with Crippen LogP contribution in [0.2, 0.25) is 0 Å². The van der Waals surface area contributed by atoms with Gasteiger partial charge in [-0.3, -0.25) is 4.79 Å². The first-order chi connectivity index (χ1) is 11.6. The number of hydrogen-bond donors (Lipinski definition) is 1. The number of nitrogens with zero attached hydrogens (tertiary/aromatic N) is 2. The van der Waals surface area contributed by atoms with Crippen molar-refractivity contribution in [1.29, 1.82) is 0 Å². The zero-order valence-corrected chi connectivity index (χ0v) is 13.6. The predicted octanol–water partition coefficient (Wildman–Crippen LogP) is 3.27. The molecule has 1 amide bonds. The molecule has 0 saturated heterocycles. The molecule has 6 heteroatoms. The van der Waals surface area contributed by atoms with Crippen molar-refractivity contribution in [3.05, 3.63) is 53.2 Å². The van der Waals surface area contributed by atoms with Gasteiger partial charge >= 0.3 is 5.97 Å². The Morgan fingerprint density at radius 1 is 1.29 bits per heavy atom. The van der Waals surface area contributed by atoms with E-state index in [2.05, 4.69) is 4.98 Å². The molecule has 1 aliphatic carbocycles. The quantitative estimate of drug-likeness (QED) is 0.910. The van der Waals surface area contributed by atoms with Crippen LogP contribution in [0.4, 0.5) is 0 Å². The summed E-state index contributed by atoms with van der Waals surface area (Å²) in [4.78, 5) is 30.1. The zero-order chi connectivity index (χ0) is 17.1. The van der Waals surface area contributed by atoms with Gasteiger partial charge in [-0.15, -0.1) is 0 Å². The summed E-state index contributed by atoms with van der Waals surface area (Å²) in [7, 11) is 0. The Morgan fingerprint density at radius 3 is 2.62 bits per heavy atom. The van der Waals surface area contributed by atoms with Crippen LogP contribution < -0.4 is 0 Å². The van der Waals surface area contributed by atoms with Crippen molar-refractivity contribution in [2.24, 2.45) is 0 Å². The van der Waals surface area contributed by atoms with Crippen LogP contribution in [0.25, 0.3) is 0 Å². The Labute approximate surface area is 140 Å². The van der Waals surface area contributed by atoms with Gasteiger partial charge in [-0.2, -0.15) is 0 Å². The fourth-order valence-electron chi connectivity index (χ4n) is 3.21. The highest BCUT2D eigenvalue weighted by atomic mass is 16.4. The molecule has 126 valence electrons. The third-order valence-electron chi connectivity index (χ3n) is 4.47. The topological polar surface area (TPSA) is 83.6 Å². The van der Waals surface area contributed by atoms with Gasteiger partial charge in [-0.25, -0.2) is 9.78 Å². The number of carboxylic acid groups (broad SMARTS) is 1. The van der Waals surface area contributed by atoms with Crippen molar-refractivity contribution in [2.45, 2.75) is 45.2 Å². The number of hydrogen-bond acceptors (Lipinski definition) is 4. The Hall–Kier alpha value is -2.63. The van der Waals surface area contributed by atoms with E-state index in [0.717, 1.165) is 31.4 Å². The van der Waals surface area contributed by atoms with E-state index in [9.17, 15) is 9.59 Å². The second-order valence-corrected chi connectivity index (χ2v) is 6.09. The Bertz CT molecular complexity index is 733. The number of aromatic carboxylic acids is 1. The highest BCUT2D eigenvalue weighted by Crippen LogP contribution is 2.26. The summed E-state index contributed by atoms with van der Waals surface area (Å²) in [6.07, 6.45) is 5.75. The number of carbonyl (C=O) groups excluding carboxylic acids is 1. The van der Waals surface area contributed by atoms with Crippen LogP contribution >= 0.6 is 0 Å². The minimum absolute atomic E-state index is 0.116. The van der Waals surface area contributed by atoms with E-state index in [4.69, 9.17) is 9.52 Å². The van der Waals surface area contributed by atoms with Crippen LogP contribution in [0.15, 0.2) is 34.9 Å². The molecule has 0 aliphatic heterocycles. The van der Waals surface area contributed by atoms with Gasteiger partial charge in [0.05, 0.1) is 24.1 Å². The summed E-state index contributed by atoms with van der Waals surface area (Å²) in [5, 5.41) is 9.10. The van der Waals surface area contributed by atoms with Gasteiger partial charge in [-0.05, 0) is 44.0 Å². The summed E-state index contributed by atoms with van der Waals surface area (Å²) < 4.78 is 5.39. The van der Waals surface area contributed by atoms with Crippen molar-refractivity contribution < 1.29 is 19.1 Å². The largest absolute Gasteiger partial charge is 0.478 e. The van der Waals surface area contributed by atoms with Crippen molar-refractivity contribution >= 4 is 11.9 Å². The van der Waals surface area contributed by atoms with Crippen LogP contribution in [0.5, 0.6) is 0 Å². The maximum atomic E-state index is 13.0. The zero-order valence-electron chi connectivity index (χ0n) is 13.6. The van der Waals surface area contributed by atoms with Gasteiger partial charge in [0, 0.05) is 6.04 Å². The molecule has 0 aromatic carbocycles. The van der Waals surface area contributed by atoms with E-state index < -0.39 is 5.97 Å². The number of carboxylic acids is 1. The smallest absolute Gasteiger partial charge is 0.337 e. The number of carbonyl (C=O) groups is 2. The molecule has 0 unspecified atom stereocenters. The van der Waals surface area contributed by atoms with Gasteiger partial charge in [-0.1, -0.05) is 12.8 Å². The average Bonchev–Trinajstić information content (AvgIpc) is 3.25. The molecule has 1 fully saturated rings. The third kappa shape index (κ3) is 3.32. The van der Waals surface area contributed by atoms with Crippen molar-refractivity contribution in [1.82, 2.24) is 9.88 Å². The molecule has 0 atom stereocenters. The van der Waals surface area contributed by atoms with Gasteiger partial charge in [0.1, 0.15) is 11.5 Å². The van der Waals surface area contributed by atoms with E-state index in [1.807, 2.05) is 6.07 Å². The molecule has 0 bridgehead atoms. The van der Waals surface area contributed by atoms with Gasteiger partial charge in [0.2, 0.25) is 0 Å². The van der Waals surface area contributed by atoms with Crippen molar-refractivity contribution in [3.8, 4) is 0 Å². The maximum absolute atomic E-state index is 13.0. The lowest BCUT2D eigenvalue weighted by atomic mass is 10.1. The SMILES string of the molecule is Cc1nc(C(=O)N(Cc2ccco2)C2CCCC2)ccc1C(=O)O. The maximum Gasteiger partial charge on any atom is 0.337 e. The molecular weight excluding hydrogens is 308 g/mol. The fraction of sp³-hybridized carbons (Fsp3) is 0.389. The van der Waals surface area contributed by atoms with E-state index in [1.165, 1.54) is 12.1 Å². The van der Waals surface area contributed by atoms with E-state index >= 15 is 0 Å². The number of furan rings is 1. The minimum atomic E-state index is -1.04. The molecule has 3 rings (SSSR count). The van der Waals surface area contributed by atoms with Gasteiger partial charge in [0.25, 0.3) is 5.91 Å². The van der Waals surface area contributed by atoms with Crippen LogP contribution in [-0.4, -0.2) is 32.9 Å².